The fourth-order valence-corrected chi connectivity index (χ4v) is 4.77. The van der Waals surface area contributed by atoms with Crippen molar-refractivity contribution in [2.45, 2.75) is 6.54 Å². The van der Waals surface area contributed by atoms with E-state index in [0.29, 0.717) is 35.0 Å². The predicted octanol–water partition coefficient (Wildman–Crippen LogP) is 3.56. The van der Waals surface area contributed by atoms with Gasteiger partial charge in [-0.25, -0.2) is 9.97 Å². The van der Waals surface area contributed by atoms with Crippen molar-refractivity contribution >= 4 is 21.6 Å². The van der Waals surface area contributed by atoms with E-state index in [9.17, 15) is 4.79 Å². The lowest BCUT2D eigenvalue weighted by Crippen LogP contribution is -2.12. The third kappa shape index (κ3) is 3.47. The van der Waals surface area contributed by atoms with Crippen LogP contribution >= 0.6 is 11.3 Å². The molecule has 1 N–H and O–H groups in total. The smallest absolute Gasteiger partial charge is 0.260 e. The number of rotatable bonds is 6. The van der Waals surface area contributed by atoms with Crippen molar-refractivity contribution in [3.8, 4) is 33.3 Å². The van der Waals surface area contributed by atoms with E-state index in [1.165, 1.54) is 11.3 Å². The van der Waals surface area contributed by atoms with Gasteiger partial charge in [0, 0.05) is 44.9 Å². The van der Waals surface area contributed by atoms with Crippen LogP contribution in [0.15, 0.2) is 59.8 Å². The first-order valence-corrected chi connectivity index (χ1v) is 10.6. The van der Waals surface area contributed by atoms with Gasteiger partial charge in [0.15, 0.2) is 11.6 Å². The first-order chi connectivity index (χ1) is 15.2. The second-order valence-electron chi connectivity index (χ2n) is 7.08. The van der Waals surface area contributed by atoms with Gasteiger partial charge in [-0.2, -0.15) is 5.10 Å². The summed E-state index contributed by atoms with van der Waals surface area (Å²) >= 11 is 1.47. The lowest BCUT2D eigenvalue weighted by Gasteiger charge is -2.07. The molecule has 4 heterocycles. The van der Waals surface area contributed by atoms with Crippen LogP contribution in [0, 0.1) is 0 Å². The number of nitrogens with zero attached hydrogens (tertiary/aromatic N) is 5. The van der Waals surface area contributed by atoms with E-state index < -0.39 is 0 Å². The molecule has 0 aliphatic rings. The molecule has 4 aromatic heterocycles. The van der Waals surface area contributed by atoms with E-state index in [4.69, 9.17) is 9.72 Å². The second-order valence-corrected chi connectivity index (χ2v) is 8.08. The number of methoxy groups -OCH3 is 1. The molecule has 0 aliphatic carbocycles. The molecule has 8 nitrogen and oxygen atoms in total. The zero-order chi connectivity index (χ0) is 21.4. The molecule has 31 heavy (non-hydrogen) atoms. The van der Waals surface area contributed by atoms with E-state index >= 15 is 0 Å². The van der Waals surface area contributed by atoms with Gasteiger partial charge in [0.25, 0.3) is 5.56 Å². The monoisotopic (exact) mass is 432 g/mol. The molecular weight excluding hydrogens is 412 g/mol. The number of aromatic nitrogens is 6. The summed E-state index contributed by atoms with van der Waals surface area (Å²) in [5.74, 6) is 1.04. The highest BCUT2D eigenvalue weighted by Gasteiger charge is 2.22. The van der Waals surface area contributed by atoms with E-state index in [0.717, 1.165) is 21.7 Å². The van der Waals surface area contributed by atoms with Crippen LogP contribution in [0.4, 0.5) is 0 Å². The fraction of sp³-hybridized carbons (Fsp3) is 0.182. The fourth-order valence-electron chi connectivity index (χ4n) is 3.61. The number of nitrogens with one attached hydrogen (secondary N) is 1. The number of thiophene rings is 1. The molecule has 1 aromatic carbocycles. The number of benzene rings is 1. The summed E-state index contributed by atoms with van der Waals surface area (Å²) in [7, 11) is 3.53. The average molecular weight is 433 g/mol. The Labute approximate surface area is 181 Å². The maximum Gasteiger partial charge on any atom is 0.260 e. The molecule has 0 saturated heterocycles. The summed E-state index contributed by atoms with van der Waals surface area (Å²) in [6.45, 7) is 1.16. The Morgan fingerprint density at radius 2 is 2.00 bits per heavy atom. The predicted molar refractivity (Wildman–Crippen MR) is 121 cm³/mol. The van der Waals surface area contributed by atoms with Crippen LogP contribution in [0.5, 0.6) is 0 Å². The Kier molecular flexibility index (Phi) is 4.97. The van der Waals surface area contributed by atoms with Crippen molar-refractivity contribution in [1.29, 1.82) is 0 Å². The molecule has 9 heteroatoms. The van der Waals surface area contributed by atoms with Crippen LogP contribution < -0.4 is 5.56 Å². The minimum atomic E-state index is -0.196. The molecule has 0 bridgehead atoms. The number of aromatic amines is 1. The van der Waals surface area contributed by atoms with E-state index in [-0.39, 0.29) is 5.56 Å². The maximum absolute atomic E-state index is 13.3. The molecule has 5 rings (SSSR count). The highest BCUT2D eigenvalue weighted by molar-refractivity contribution is 7.22. The molecule has 0 fully saturated rings. The topological polar surface area (TPSA) is 90.6 Å². The van der Waals surface area contributed by atoms with Gasteiger partial charge in [-0.3, -0.25) is 9.48 Å². The van der Waals surface area contributed by atoms with Gasteiger partial charge in [-0.15, -0.1) is 11.3 Å². The number of hydrogen-bond acceptors (Lipinski definition) is 6. The molecule has 0 atom stereocenters. The number of imidazole rings is 1. The molecule has 0 saturated carbocycles. The first-order valence-electron chi connectivity index (χ1n) is 9.78. The van der Waals surface area contributed by atoms with E-state index in [1.54, 1.807) is 18.0 Å². The Morgan fingerprint density at radius 3 is 2.74 bits per heavy atom. The van der Waals surface area contributed by atoms with Gasteiger partial charge in [-0.1, -0.05) is 30.3 Å². The van der Waals surface area contributed by atoms with Gasteiger partial charge in [-0.05, 0) is 11.6 Å². The summed E-state index contributed by atoms with van der Waals surface area (Å²) in [4.78, 5) is 27.0. The Morgan fingerprint density at radius 1 is 1.16 bits per heavy atom. The Balaban J connectivity index is 1.74. The molecule has 0 aliphatic heterocycles. The van der Waals surface area contributed by atoms with Crippen molar-refractivity contribution in [3.63, 3.8) is 0 Å². The van der Waals surface area contributed by atoms with Gasteiger partial charge >= 0.3 is 0 Å². The number of fused-ring (bicyclic) bond motifs is 1. The quantitative estimate of drug-likeness (QED) is 0.443. The van der Waals surface area contributed by atoms with Crippen molar-refractivity contribution < 1.29 is 4.74 Å². The number of hydrogen-bond donors (Lipinski definition) is 1. The first kappa shape index (κ1) is 19.4. The van der Waals surface area contributed by atoms with Crippen molar-refractivity contribution in [2.75, 3.05) is 13.7 Å². The molecule has 0 radical (unpaired) electrons. The van der Waals surface area contributed by atoms with Crippen LogP contribution in [0.1, 0.15) is 0 Å². The second kappa shape index (κ2) is 7.93. The SMILES string of the molecule is COCCn1ccnc1-c1nc2sc(-c3ccn(C)n3)c(-c3ccccc3)c2c(=O)[nH]1. The standard InChI is InChI=1S/C22H20N6O2S/c1-27-10-8-15(26-27)18-16(14-6-4-3-5-7-14)17-21(29)24-19(25-22(17)31-18)20-23-9-11-28(20)12-13-30-2/h3-11H,12-13H2,1-2H3,(H,24,25,29). The summed E-state index contributed by atoms with van der Waals surface area (Å²) in [6, 6.07) is 11.8. The minimum Gasteiger partial charge on any atom is -0.383 e. The van der Waals surface area contributed by atoms with Crippen LogP contribution in [0.3, 0.4) is 0 Å². The number of H-pyrrole nitrogens is 1. The number of ether oxygens (including phenoxy) is 1. The lowest BCUT2D eigenvalue weighted by atomic mass is 10.0. The Bertz CT molecular complexity index is 1410. The molecule has 0 spiro atoms. The minimum absolute atomic E-state index is 0.196. The molecule has 0 amide bonds. The van der Waals surface area contributed by atoms with Crippen LogP contribution in [-0.4, -0.2) is 43.0 Å². The van der Waals surface area contributed by atoms with E-state index in [2.05, 4.69) is 15.1 Å². The average Bonchev–Trinajstić information content (AvgIpc) is 3.50. The third-order valence-electron chi connectivity index (χ3n) is 5.03. The normalized spacial score (nSPS) is 11.4. The van der Waals surface area contributed by atoms with Gasteiger partial charge in [0.05, 0.1) is 16.9 Å². The zero-order valence-corrected chi connectivity index (χ0v) is 17.9. The summed E-state index contributed by atoms with van der Waals surface area (Å²) in [5, 5.41) is 5.13. The highest BCUT2D eigenvalue weighted by Crippen LogP contribution is 2.42. The largest absolute Gasteiger partial charge is 0.383 e. The lowest BCUT2D eigenvalue weighted by molar-refractivity contribution is 0.187. The molecule has 156 valence electrons. The molecule has 0 unspecified atom stereocenters. The van der Waals surface area contributed by atoms with Crippen molar-refractivity contribution in [1.82, 2.24) is 29.3 Å². The van der Waals surface area contributed by atoms with Gasteiger partial charge < -0.3 is 14.3 Å². The summed E-state index contributed by atoms with van der Waals surface area (Å²) < 4.78 is 8.84. The highest BCUT2D eigenvalue weighted by atomic mass is 32.1. The molecular formula is C22H20N6O2S. The number of aryl methyl sites for hydroxylation is 1. The van der Waals surface area contributed by atoms with Gasteiger partial charge in [0.1, 0.15) is 10.5 Å². The van der Waals surface area contributed by atoms with E-state index in [1.807, 2.05) is 60.4 Å². The van der Waals surface area contributed by atoms with Crippen LogP contribution in [0.25, 0.3) is 43.6 Å². The summed E-state index contributed by atoms with van der Waals surface area (Å²) in [5.41, 5.74) is 2.42. The zero-order valence-electron chi connectivity index (χ0n) is 17.1. The van der Waals surface area contributed by atoms with Crippen LogP contribution in [0.2, 0.25) is 0 Å². The molecule has 5 aromatic rings. The van der Waals surface area contributed by atoms with Crippen molar-refractivity contribution in [2.24, 2.45) is 7.05 Å². The van der Waals surface area contributed by atoms with Crippen molar-refractivity contribution in [3.05, 3.63) is 65.3 Å². The Hall–Kier alpha value is -3.56. The van der Waals surface area contributed by atoms with Crippen LogP contribution in [-0.2, 0) is 18.3 Å². The van der Waals surface area contributed by atoms with Gasteiger partial charge in [0.2, 0.25) is 0 Å². The third-order valence-corrected chi connectivity index (χ3v) is 6.14. The maximum atomic E-state index is 13.3. The summed E-state index contributed by atoms with van der Waals surface area (Å²) in [6.07, 6.45) is 5.43.